The first-order valence-corrected chi connectivity index (χ1v) is 14.1. The maximum Gasteiger partial charge on any atom is 0.251 e. The molecular weight excluding hydrogens is 432 g/mol. The van der Waals surface area contributed by atoms with E-state index in [4.69, 9.17) is 4.74 Å². The number of hydrogen-bond donors (Lipinski definition) is 1. The lowest BCUT2D eigenvalue weighted by molar-refractivity contribution is -0.129. The molecule has 0 radical (unpaired) electrons. The normalized spacial score (nSPS) is 35.1. The van der Waals surface area contributed by atoms with Crippen molar-refractivity contribution >= 4 is 5.91 Å². The van der Waals surface area contributed by atoms with Crippen LogP contribution in [-0.4, -0.2) is 42.8 Å². The van der Waals surface area contributed by atoms with Gasteiger partial charge in [-0.2, -0.15) is 0 Å². The number of benzene rings is 1. The first-order chi connectivity index (χ1) is 16.6. The second kappa shape index (κ2) is 9.34. The minimum Gasteiger partial charge on any atom is -0.376 e. The van der Waals surface area contributed by atoms with Crippen molar-refractivity contribution in [3.8, 4) is 0 Å². The highest BCUT2D eigenvalue weighted by Crippen LogP contribution is 2.57. The van der Waals surface area contributed by atoms with E-state index < -0.39 is 0 Å². The van der Waals surface area contributed by atoms with Gasteiger partial charge in [0, 0.05) is 25.3 Å². The number of aryl methyl sites for hydroxylation is 1. The van der Waals surface area contributed by atoms with Gasteiger partial charge in [0.1, 0.15) is 6.17 Å². The molecule has 192 valence electrons. The highest BCUT2D eigenvalue weighted by molar-refractivity contribution is 5.97. The van der Waals surface area contributed by atoms with Gasteiger partial charge in [-0.1, -0.05) is 52.3 Å². The molecule has 35 heavy (non-hydrogen) atoms. The molecule has 0 bridgehead atoms. The van der Waals surface area contributed by atoms with Crippen LogP contribution in [0.1, 0.15) is 103 Å². The van der Waals surface area contributed by atoms with Crippen LogP contribution in [0.15, 0.2) is 29.3 Å². The fourth-order valence-electron chi connectivity index (χ4n) is 7.94. The highest BCUT2D eigenvalue weighted by atomic mass is 16.5. The van der Waals surface area contributed by atoms with E-state index in [-0.39, 0.29) is 29.0 Å². The molecule has 4 aliphatic rings. The molecule has 1 N–H and O–H groups in total. The summed E-state index contributed by atoms with van der Waals surface area (Å²) >= 11 is 0. The van der Waals surface area contributed by atoms with E-state index in [2.05, 4.69) is 63.0 Å². The number of fused-ring (bicyclic) bond motifs is 3. The highest BCUT2D eigenvalue weighted by Gasteiger charge is 2.52. The zero-order chi connectivity index (χ0) is 25.0. The SMILES string of the molecule is CC1=C(C)[C@H](NC[C@]2(C)CCC[C@]3(C)c4ccc(C(C)C)cc4CC[C@H]23)N(C[C@H]2CCCO2)C1=O. The van der Waals surface area contributed by atoms with E-state index in [1.165, 1.54) is 43.2 Å². The third kappa shape index (κ3) is 4.29. The zero-order valence-electron chi connectivity index (χ0n) is 22.9. The lowest BCUT2D eigenvalue weighted by Crippen LogP contribution is -2.56. The van der Waals surface area contributed by atoms with Crippen molar-refractivity contribution in [2.75, 3.05) is 19.7 Å². The van der Waals surface area contributed by atoms with E-state index in [0.717, 1.165) is 31.6 Å². The largest absolute Gasteiger partial charge is 0.376 e. The molecule has 2 aliphatic carbocycles. The monoisotopic (exact) mass is 478 g/mol. The fraction of sp³-hybridized carbons (Fsp3) is 0.710. The van der Waals surface area contributed by atoms with Crippen LogP contribution in [0.2, 0.25) is 0 Å². The fourth-order valence-corrected chi connectivity index (χ4v) is 7.94. The number of carbonyl (C=O) groups excluding carboxylic acids is 1. The number of hydrogen-bond acceptors (Lipinski definition) is 3. The Hall–Kier alpha value is -1.65. The van der Waals surface area contributed by atoms with Crippen molar-refractivity contribution in [1.82, 2.24) is 10.2 Å². The third-order valence-corrected chi connectivity index (χ3v) is 10.2. The van der Waals surface area contributed by atoms with Crippen molar-refractivity contribution in [3.05, 3.63) is 46.0 Å². The maximum absolute atomic E-state index is 13.1. The third-order valence-electron chi connectivity index (χ3n) is 10.2. The average Bonchev–Trinajstić information content (AvgIpc) is 3.41. The van der Waals surface area contributed by atoms with Gasteiger partial charge in [-0.05, 0) is 97.3 Å². The Morgan fingerprint density at radius 1 is 1.14 bits per heavy atom. The van der Waals surface area contributed by atoms with Gasteiger partial charge in [0.25, 0.3) is 5.91 Å². The quantitative estimate of drug-likeness (QED) is 0.538. The molecule has 5 atom stereocenters. The summed E-state index contributed by atoms with van der Waals surface area (Å²) < 4.78 is 5.90. The summed E-state index contributed by atoms with van der Waals surface area (Å²) in [7, 11) is 0. The van der Waals surface area contributed by atoms with Crippen LogP contribution in [0.4, 0.5) is 0 Å². The van der Waals surface area contributed by atoms with Crippen LogP contribution < -0.4 is 5.32 Å². The second-order valence-corrected chi connectivity index (χ2v) is 12.8. The van der Waals surface area contributed by atoms with Crippen molar-refractivity contribution in [2.24, 2.45) is 11.3 Å². The second-order valence-electron chi connectivity index (χ2n) is 12.8. The van der Waals surface area contributed by atoms with Crippen LogP contribution in [-0.2, 0) is 21.4 Å². The van der Waals surface area contributed by atoms with Gasteiger partial charge in [-0.25, -0.2) is 0 Å². The van der Waals surface area contributed by atoms with Gasteiger partial charge in [0.15, 0.2) is 0 Å². The zero-order valence-corrected chi connectivity index (χ0v) is 22.9. The Kier molecular flexibility index (Phi) is 6.68. The Morgan fingerprint density at radius 2 is 1.94 bits per heavy atom. The molecule has 0 unspecified atom stereocenters. The maximum atomic E-state index is 13.1. The molecule has 0 aromatic heterocycles. The summed E-state index contributed by atoms with van der Waals surface area (Å²) in [5.74, 6) is 1.42. The van der Waals surface area contributed by atoms with Crippen LogP contribution in [0.5, 0.6) is 0 Å². The smallest absolute Gasteiger partial charge is 0.251 e. The molecule has 0 spiro atoms. The van der Waals surface area contributed by atoms with Gasteiger partial charge >= 0.3 is 0 Å². The van der Waals surface area contributed by atoms with Crippen molar-refractivity contribution in [1.29, 1.82) is 0 Å². The van der Waals surface area contributed by atoms with E-state index in [1.807, 2.05) is 6.92 Å². The molecule has 5 rings (SSSR count). The van der Waals surface area contributed by atoms with Crippen molar-refractivity contribution in [2.45, 2.75) is 110 Å². The molecular formula is C31H46N2O2. The molecule has 2 fully saturated rings. The number of rotatable bonds is 6. The molecule has 1 amide bonds. The van der Waals surface area contributed by atoms with E-state index in [0.29, 0.717) is 18.4 Å². The summed E-state index contributed by atoms with van der Waals surface area (Å²) in [6.45, 7) is 16.3. The first-order valence-electron chi connectivity index (χ1n) is 14.1. The van der Waals surface area contributed by atoms with Crippen molar-refractivity contribution in [3.63, 3.8) is 0 Å². The molecule has 1 aromatic rings. The number of nitrogens with zero attached hydrogens (tertiary/aromatic N) is 1. The Morgan fingerprint density at radius 3 is 2.66 bits per heavy atom. The van der Waals surface area contributed by atoms with Crippen LogP contribution in [0.25, 0.3) is 0 Å². The number of nitrogens with one attached hydrogen (secondary N) is 1. The number of carbonyl (C=O) groups is 1. The van der Waals surface area contributed by atoms with Gasteiger partial charge < -0.3 is 9.64 Å². The summed E-state index contributed by atoms with van der Waals surface area (Å²) in [6.07, 6.45) is 8.62. The van der Waals surface area contributed by atoms with Crippen molar-refractivity contribution < 1.29 is 9.53 Å². The standard InChI is InChI=1S/C31H46N2O2/c1-20(2)23-10-12-26-24(17-23)11-13-27-30(5,14-8-15-31(26,27)6)19-32-28-21(3)22(4)29(34)33(28)18-25-9-7-16-35-25/h10,12,17,20,25,27-28,32H,7-9,11,13-16,18-19H2,1-6H3/t25-,27-,28-,30+,31-/m1/s1. The topological polar surface area (TPSA) is 41.6 Å². The number of amides is 1. The van der Waals surface area contributed by atoms with E-state index in [9.17, 15) is 4.79 Å². The Bertz CT molecular complexity index is 1010. The molecule has 2 aliphatic heterocycles. The van der Waals surface area contributed by atoms with Crippen LogP contribution in [0.3, 0.4) is 0 Å². The molecule has 4 heteroatoms. The first kappa shape index (κ1) is 25.0. The van der Waals surface area contributed by atoms with Crippen LogP contribution in [0, 0.1) is 11.3 Å². The lowest BCUT2D eigenvalue weighted by Gasteiger charge is -2.56. The summed E-state index contributed by atoms with van der Waals surface area (Å²) in [4.78, 5) is 15.2. The summed E-state index contributed by atoms with van der Waals surface area (Å²) in [5, 5.41) is 3.92. The lowest BCUT2D eigenvalue weighted by atomic mass is 9.49. The molecule has 4 nitrogen and oxygen atoms in total. The molecule has 1 saturated carbocycles. The minimum absolute atomic E-state index is 0.00110. The average molecular weight is 479 g/mol. The predicted octanol–water partition coefficient (Wildman–Crippen LogP) is 6.09. The van der Waals surface area contributed by atoms with E-state index in [1.54, 1.807) is 11.1 Å². The van der Waals surface area contributed by atoms with Gasteiger partial charge in [-0.15, -0.1) is 0 Å². The van der Waals surface area contributed by atoms with E-state index >= 15 is 0 Å². The minimum atomic E-state index is 0.00110. The molecule has 1 saturated heterocycles. The van der Waals surface area contributed by atoms with Crippen LogP contribution >= 0.6 is 0 Å². The van der Waals surface area contributed by atoms with Gasteiger partial charge in [-0.3, -0.25) is 10.1 Å². The number of ether oxygens (including phenoxy) is 1. The molecule has 1 aromatic carbocycles. The molecule has 2 heterocycles. The Labute approximate surface area is 212 Å². The summed E-state index contributed by atoms with van der Waals surface area (Å²) in [5.41, 5.74) is 7.22. The van der Waals surface area contributed by atoms with Gasteiger partial charge in [0.05, 0.1) is 6.10 Å². The predicted molar refractivity (Wildman–Crippen MR) is 143 cm³/mol. The van der Waals surface area contributed by atoms with Gasteiger partial charge in [0.2, 0.25) is 0 Å². The summed E-state index contributed by atoms with van der Waals surface area (Å²) in [6, 6.07) is 7.34. The Balaban J connectivity index is 1.36.